The van der Waals surface area contributed by atoms with Crippen LogP contribution in [0, 0.1) is 28.6 Å². The summed E-state index contributed by atoms with van der Waals surface area (Å²) in [6, 6.07) is 0. The highest BCUT2D eigenvalue weighted by molar-refractivity contribution is 5.79. The minimum absolute atomic E-state index is 0.00846. The van der Waals surface area contributed by atoms with Crippen molar-refractivity contribution in [2.75, 3.05) is 0 Å². The SMILES string of the molecule is C[C@]12CCC(OC(=O)C(F)(F)F)=CC1=CC[C@@H]1[C@@H]2CC[C@]2(C)C(OC(=O)C(F)(F)C(F)(F)C(F)(F)F)CC[C@@H]12. The van der Waals surface area contributed by atoms with Gasteiger partial charge in [-0.05, 0) is 73.3 Å². The maximum absolute atomic E-state index is 13.9. The second-order valence-electron chi connectivity index (χ2n) is 11.3. The molecule has 0 aromatic rings. The van der Waals surface area contributed by atoms with E-state index in [0.29, 0.717) is 37.7 Å². The van der Waals surface area contributed by atoms with Gasteiger partial charge in [-0.3, -0.25) is 0 Å². The molecule has 0 radical (unpaired) electrons. The minimum Gasteiger partial charge on any atom is -0.457 e. The number of esters is 2. The Labute approximate surface area is 216 Å². The fourth-order valence-corrected chi connectivity index (χ4v) is 7.21. The molecule has 0 bridgehead atoms. The van der Waals surface area contributed by atoms with Crippen molar-refractivity contribution in [1.82, 2.24) is 0 Å². The van der Waals surface area contributed by atoms with Crippen LogP contribution in [0.3, 0.4) is 0 Å². The van der Waals surface area contributed by atoms with Crippen LogP contribution in [0.1, 0.15) is 58.8 Å². The van der Waals surface area contributed by atoms with Crippen molar-refractivity contribution >= 4 is 11.9 Å². The van der Waals surface area contributed by atoms with E-state index >= 15 is 0 Å². The average Bonchev–Trinajstić information content (AvgIpc) is 3.13. The summed E-state index contributed by atoms with van der Waals surface area (Å²) in [5.74, 6) is -18.4. The monoisotopic (exact) mass is 580 g/mol. The number of hydrogen-bond acceptors (Lipinski definition) is 4. The molecule has 1 unspecified atom stereocenters. The predicted molar refractivity (Wildman–Crippen MR) is 113 cm³/mol. The molecule has 0 aromatic heterocycles. The van der Waals surface area contributed by atoms with Gasteiger partial charge in [0.15, 0.2) is 0 Å². The second kappa shape index (κ2) is 9.12. The number of alkyl halides is 10. The van der Waals surface area contributed by atoms with E-state index in [-0.39, 0.29) is 36.4 Å². The van der Waals surface area contributed by atoms with E-state index in [4.69, 9.17) is 0 Å². The van der Waals surface area contributed by atoms with Crippen LogP contribution in [-0.2, 0) is 19.1 Å². The van der Waals surface area contributed by atoms with E-state index in [2.05, 4.69) is 9.47 Å². The zero-order valence-electron chi connectivity index (χ0n) is 20.8. The summed E-state index contributed by atoms with van der Waals surface area (Å²) in [7, 11) is 0. The molecule has 0 aromatic carbocycles. The molecule has 0 heterocycles. The van der Waals surface area contributed by atoms with Gasteiger partial charge in [0.25, 0.3) is 0 Å². The summed E-state index contributed by atoms with van der Waals surface area (Å²) < 4.78 is 139. The fourth-order valence-electron chi connectivity index (χ4n) is 7.21. The van der Waals surface area contributed by atoms with Crippen LogP contribution >= 0.6 is 0 Å². The Balaban J connectivity index is 1.52. The molecule has 2 fully saturated rings. The Morgan fingerprint density at radius 3 is 2.10 bits per heavy atom. The van der Waals surface area contributed by atoms with Crippen LogP contribution in [0.2, 0.25) is 0 Å². The first kappa shape index (κ1) is 29.7. The van der Waals surface area contributed by atoms with Gasteiger partial charge in [0.05, 0.1) is 0 Å². The quantitative estimate of drug-likeness (QED) is 0.259. The van der Waals surface area contributed by atoms with E-state index in [1.165, 1.54) is 6.08 Å². The van der Waals surface area contributed by atoms with Gasteiger partial charge in [0.2, 0.25) is 0 Å². The first-order valence-electron chi connectivity index (χ1n) is 12.4. The zero-order chi connectivity index (χ0) is 29.4. The molecule has 6 atom stereocenters. The molecular formula is C25H26F10O4. The fraction of sp³-hybridized carbons (Fsp3) is 0.760. The number of allylic oxidation sites excluding steroid dienone is 4. The van der Waals surface area contributed by atoms with Crippen LogP contribution < -0.4 is 0 Å². The van der Waals surface area contributed by atoms with Gasteiger partial charge in [-0.25, -0.2) is 9.59 Å². The summed E-state index contributed by atoms with van der Waals surface area (Å²) >= 11 is 0. The number of rotatable bonds is 4. The number of hydrogen-bond donors (Lipinski definition) is 0. The second-order valence-corrected chi connectivity index (χ2v) is 11.3. The summed E-state index contributed by atoms with van der Waals surface area (Å²) in [6.07, 6.45) is -7.83. The molecule has 14 heteroatoms. The van der Waals surface area contributed by atoms with E-state index in [1.807, 2.05) is 13.0 Å². The Bertz CT molecular complexity index is 1090. The van der Waals surface area contributed by atoms with Crippen molar-refractivity contribution in [3.63, 3.8) is 0 Å². The molecule has 4 rings (SSSR count). The van der Waals surface area contributed by atoms with Gasteiger partial charge >= 0.3 is 36.1 Å². The van der Waals surface area contributed by atoms with Crippen LogP contribution in [0.25, 0.3) is 0 Å². The topological polar surface area (TPSA) is 52.6 Å². The van der Waals surface area contributed by atoms with E-state index in [9.17, 15) is 53.5 Å². The van der Waals surface area contributed by atoms with Crippen LogP contribution in [0.4, 0.5) is 43.9 Å². The van der Waals surface area contributed by atoms with Crippen molar-refractivity contribution in [3.05, 3.63) is 23.5 Å². The summed E-state index contributed by atoms with van der Waals surface area (Å²) in [4.78, 5) is 23.2. The third-order valence-electron chi connectivity index (χ3n) is 9.36. The van der Waals surface area contributed by atoms with Crippen LogP contribution in [0.15, 0.2) is 23.5 Å². The Kier molecular flexibility index (Phi) is 6.94. The van der Waals surface area contributed by atoms with Crippen LogP contribution in [-0.4, -0.2) is 42.2 Å². The third-order valence-corrected chi connectivity index (χ3v) is 9.36. The standard InChI is InChI=1S/C25H26F10O4/c1-20-9-7-13(38-19(37)23(28,29)30)11-12(20)3-4-14-15-5-6-17(21(15,2)10-8-16(14)20)39-18(36)22(26,27)24(31,32)25(33,34)35/h3,11,14-17H,4-10H2,1-2H3/t14-,15-,16-,17?,20-,21-/m0/s1. The molecule has 0 saturated heterocycles. The van der Waals surface area contributed by atoms with E-state index < -0.39 is 53.1 Å². The molecular weight excluding hydrogens is 554 g/mol. The van der Waals surface area contributed by atoms with Crippen molar-refractivity contribution in [1.29, 1.82) is 0 Å². The first-order valence-corrected chi connectivity index (χ1v) is 12.4. The number of carbonyl (C=O) groups is 2. The molecule has 2 saturated carbocycles. The molecule has 4 nitrogen and oxygen atoms in total. The molecule has 0 amide bonds. The summed E-state index contributed by atoms with van der Waals surface area (Å²) in [5.41, 5.74) is -0.742. The van der Waals surface area contributed by atoms with Crippen molar-refractivity contribution in [3.8, 4) is 0 Å². The van der Waals surface area contributed by atoms with E-state index in [1.54, 1.807) is 6.92 Å². The summed E-state index contributed by atoms with van der Waals surface area (Å²) in [5, 5.41) is 0. The van der Waals surface area contributed by atoms with Crippen molar-refractivity contribution in [2.45, 2.75) is 89.1 Å². The average molecular weight is 580 g/mol. The highest BCUT2D eigenvalue weighted by atomic mass is 19.4. The molecule has 39 heavy (non-hydrogen) atoms. The Morgan fingerprint density at radius 1 is 0.872 bits per heavy atom. The van der Waals surface area contributed by atoms with Gasteiger partial charge in [-0.2, -0.15) is 43.9 Å². The van der Waals surface area contributed by atoms with Crippen molar-refractivity contribution in [2.24, 2.45) is 28.6 Å². The largest absolute Gasteiger partial charge is 0.491 e. The molecule has 4 aliphatic rings. The normalized spacial score (nSPS) is 35.2. The maximum atomic E-state index is 13.9. The summed E-state index contributed by atoms with van der Waals surface area (Å²) in [6.45, 7) is 3.58. The molecule has 0 spiro atoms. The molecule has 4 aliphatic carbocycles. The van der Waals surface area contributed by atoms with Gasteiger partial charge in [-0.1, -0.05) is 19.9 Å². The lowest BCUT2D eigenvalue weighted by molar-refractivity contribution is -0.349. The van der Waals surface area contributed by atoms with Crippen molar-refractivity contribution < 1.29 is 63.0 Å². The predicted octanol–water partition coefficient (Wildman–Crippen LogP) is 7.29. The van der Waals surface area contributed by atoms with Gasteiger partial charge in [0, 0.05) is 11.8 Å². The molecule has 0 N–H and O–H groups in total. The molecule has 0 aliphatic heterocycles. The Hall–Kier alpha value is -2.28. The lowest BCUT2D eigenvalue weighted by Gasteiger charge is -2.56. The number of ether oxygens (including phenoxy) is 2. The Morgan fingerprint density at radius 2 is 1.51 bits per heavy atom. The highest BCUT2D eigenvalue weighted by Crippen LogP contribution is 2.65. The third kappa shape index (κ3) is 4.62. The molecule has 220 valence electrons. The van der Waals surface area contributed by atoms with Crippen LogP contribution in [0.5, 0.6) is 0 Å². The zero-order valence-corrected chi connectivity index (χ0v) is 20.8. The number of fused-ring (bicyclic) bond motifs is 5. The highest BCUT2D eigenvalue weighted by Gasteiger charge is 2.77. The number of halogens is 10. The maximum Gasteiger partial charge on any atom is 0.491 e. The van der Waals surface area contributed by atoms with Gasteiger partial charge in [0.1, 0.15) is 11.9 Å². The minimum atomic E-state index is -6.66. The smallest absolute Gasteiger partial charge is 0.457 e. The lowest BCUT2D eigenvalue weighted by Crippen LogP contribution is -2.58. The van der Waals surface area contributed by atoms with Gasteiger partial charge < -0.3 is 9.47 Å². The number of carbonyl (C=O) groups excluding carboxylic acids is 2. The first-order chi connectivity index (χ1) is 17.7. The van der Waals surface area contributed by atoms with E-state index in [0.717, 1.165) is 0 Å². The van der Waals surface area contributed by atoms with Gasteiger partial charge in [-0.15, -0.1) is 0 Å². The lowest BCUT2D eigenvalue weighted by atomic mass is 9.48.